The fourth-order valence-electron chi connectivity index (χ4n) is 3.38. The Labute approximate surface area is 153 Å². The van der Waals surface area contributed by atoms with Gasteiger partial charge in [0.25, 0.3) is 5.91 Å². The van der Waals surface area contributed by atoms with E-state index in [2.05, 4.69) is 10.5 Å². The van der Waals surface area contributed by atoms with E-state index in [4.69, 9.17) is 4.52 Å². The minimum atomic E-state index is -0.265. The number of rotatable bonds is 7. The fourth-order valence-corrected chi connectivity index (χ4v) is 3.38. The molecule has 1 aliphatic rings. The predicted octanol–water partition coefficient (Wildman–Crippen LogP) is 3.14. The van der Waals surface area contributed by atoms with Gasteiger partial charge in [0, 0.05) is 25.1 Å². The van der Waals surface area contributed by atoms with Crippen molar-refractivity contribution in [3.8, 4) is 0 Å². The van der Waals surface area contributed by atoms with Crippen molar-refractivity contribution in [2.45, 2.75) is 45.7 Å². The summed E-state index contributed by atoms with van der Waals surface area (Å²) >= 11 is 0. The number of nitrogens with one attached hydrogen (secondary N) is 1. The summed E-state index contributed by atoms with van der Waals surface area (Å²) in [7, 11) is 0. The molecule has 3 rings (SSSR count). The molecular formula is C20H25N3O3. The van der Waals surface area contributed by atoms with Gasteiger partial charge in [-0.2, -0.15) is 0 Å². The van der Waals surface area contributed by atoms with E-state index in [1.807, 2.05) is 42.2 Å². The first-order valence-corrected chi connectivity index (χ1v) is 9.24. The van der Waals surface area contributed by atoms with Gasteiger partial charge in [-0.15, -0.1) is 0 Å². The van der Waals surface area contributed by atoms with Crippen LogP contribution in [0.3, 0.4) is 0 Å². The van der Waals surface area contributed by atoms with Gasteiger partial charge in [-0.05, 0) is 25.3 Å². The largest absolute Gasteiger partial charge is 0.359 e. The Morgan fingerprint density at radius 3 is 2.62 bits per heavy atom. The molecule has 138 valence electrons. The van der Waals surface area contributed by atoms with Crippen molar-refractivity contribution in [2.24, 2.45) is 5.92 Å². The van der Waals surface area contributed by atoms with E-state index >= 15 is 0 Å². The third-order valence-electron chi connectivity index (χ3n) is 4.71. The molecule has 1 aliphatic carbocycles. The van der Waals surface area contributed by atoms with E-state index in [0.29, 0.717) is 25.4 Å². The molecule has 6 heteroatoms. The lowest BCUT2D eigenvalue weighted by Crippen LogP contribution is -2.34. The number of hydrogen-bond donors (Lipinski definition) is 1. The van der Waals surface area contributed by atoms with E-state index in [1.165, 1.54) is 0 Å². The number of amides is 2. The maximum Gasteiger partial charge on any atom is 0.273 e. The van der Waals surface area contributed by atoms with Crippen LogP contribution in [0.5, 0.6) is 0 Å². The van der Waals surface area contributed by atoms with Gasteiger partial charge in [-0.25, -0.2) is 0 Å². The Bertz CT molecular complexity index is 736. The highest BCUT2D eigenvalue weighted by Gasteiger charge is 2.28. The lowest BCUT2D eigenvalue weighted by atomic mass is 10.1. The number of carbonyl (C=O) groups is 2. The van der Waals surface area contributed by atoms with Crippen LogP contribution >= 0.6 is 0 Å². The first kappa shape index (κ1) is 18.2. The summed E-state index contributed by atoms with van der Waals surface area (Å²) in [4.78, 5) is 26.7. The fraction of sp³-hybridized carbons (Fsp3) is 0.450. The third kappa shape index (κ3) is 4.50. The highest BCUT2D eigenvalue weighted by atomic mass is 16.5. The maximum atomic E-state index is 13.0. The third-order valence-corrected chi connectivity index (χ3v) is 4.71. The normalized spacial score (nSPS) is 14.3. The summed E-state index contributed by atoms with van der Waals surface area (Å²) in [6.07, 6.45) is 4.12. The minimum absolute atomic E-state index is 0.0875. The summed E-state index contributed by atoms with van der Waals surface area (Å²) in [5.74, 6) is 0.500. The molecule has 1 saturated carbocycles. The molecule has 0 saturated heterocycles. The monoisotopic (exact) mass is 355 g/mol. The Morgan fingerprint density at radius 2 is 1.92 bits per heavy atom. The molecule has 2 amide bonds. The molecule has 0 spiro atoms. The van der Waals surface area contributed by atoms with Crippen molar-refractivity contribution in [1.82, 2.24) is 15.4 Å². The SMILES string of the molecule is CCNC(=O)c1cc(CN(Cc2ccccc2)C(=O)C2CCCC2)on1. The number of aromatic nitrogens is 1. The quantitative estimate of drug-likeness (QED) is 0.828. The second-order valence-electron chi connectivity index (χ2n) is 6.70. The van der Waals surface area contributed by atoms with Gasteiger partial charge in [-0.1, -0.05) is 48.3 Å². The van der Waals surface area contributed by atoms with Gasteiger partial charge in [0.2, 0.25) is 5.91 Å². The first-order chi connectivity index (χ1) is 12.7. The second-order valence-corrected chi connectivity index (χ2v) is 6.70. The van der Waals surface area contributed by atoms with Crippen LogP contribution in [-0.4, -0.2) is 28.4 Å². The van der Waals surface area contributed by atoms with E-state index < -0.39 is 0 Å². The van der Waals surface area contributed by atoms with Crippen molar-refractivity contribution >= 4 is 11.8 Å². The molecule has 1 aromatic carbocycles. The van der Waals surface area contributed by atoms with E-state index in [0.717, 1.165) is 31.2 Å². The van der Waals surface area contributed by atoms with Crippen molar-refractivity contribution in [3.05, 3.63) is 53.4 Å². The van der Waals surface area contributed by atoms with Crippen LogP contribution in [0.15, 0.2) is 40.9 Å². The summed E-state index contributed by atoms with van der Waals surface area (Å²) in [5.41, 5.74) is 1.32. The summed E-state index contributed by atoms with van der Waals surface area (Å²) in [6.45, 7) is 3.21. The lowest BCUT2D eigenvalue weighted by molar-refractivity contribution is -0.137. The zero-order valence-electron chi connectivity index (χ0n) is 15.1. The summed E-state index contributed by atoms with van der Waals surface area (Å²) in [6, 6.07) is 11.5. The molecule has 1 fully saturated rings. The summed E-state index contributed by atoms with van der Waals surface area (Å²) in [5, 5.41) is 6.52. The molecule has 26 heavy (non-hydrogen) atoms. The average Bonchev–Trinajstić information content (AvgIpc) is 3.34. The van der Waals surface area contributed by atoms with Gasteiger partial charge in [-0.3, -0.25) is 9.59 Å². The highest BCUT2D eigenvalue weighted by Crippen LogP contribution is 2.28. The minimum Gasteiger partial charge on any atom is -0.359 e. The van der Waals surface area contributed by atoms with Crippen molar-refractivity contribution in [3.63, 3.8) is 0 Å². The Balaban J connectivity index is 1.74. The molecule has 0 radical (unpaired) electrons. The number of carbonyl (C=O) groups excluding carboxylic acids is 2. The molecule has 0 bridgehead atoms. The predicted molar refractivity (Wildman–Crippen MR) is 97.2 cm³/mol. The average molecular weight is 355 g/mol. The van der Waals surface area contributed by atoms with E-state index in [-0.39, 0.29) is 23.4 Å². The van der Waals surface area contributed by atoms with Crippen molar-refractivity contribution < 1.29 is 14.1 Å². The van der Waals surface area contributed by atoms with Crippen LogP contribution in [0.2, 0.25) is 0 Å². The number of nitrogens with zero attached hydrogens (tertiary/aromatic N) is 2. The summed E-state index contributed by atoms with van der Waals surface area (Å²) < 4.78 is 5.31. The zero-order chi connectivity index (χ0) is 18.4. The van der Waals surface area contributed by atoms with Crippen LogP contribution in [0, 0.1) is 5.92 Å². The molecule has 0 unspecified atom stereocenters. The van der Waals surface area contributed by atoms with Crippen LogP contribution in [-0.2, 0) is 17.9 Å². The van der Waals surface area contributed by atoms with Crippen molar-refractivity contribution in [2.75, 3.05) is 6.54 Å². The van der Waals surface area contributed by atoms with Crippen LogP contribution < -0.4 is 5.32 Å². The van der Waals surface area contributed by atoms with Gasteiger partial charge in [0.15, 0.2) is 11.5 Å². The molecule has 1 aromatic heterocycles. The Morgan fingerprint density at radius 1 is 1.19 bits per heavy atom. The molecular weight excluding hydrogens is 330 g/mol. The molecule has 6 nitrogen and oxygen atoms in total. The number of hydrogen-bond acceptors (Lipinski definition) is 4. The lowest BCUT2D eigenvalue weighted by Gasteiger charge is -2.24. The zero-order valence-corrected chi connectivity index (χ0v) is 15.1. The van der Waals surface area contributed by atoms with Gasteiger partial charge < -0.3 is 14.7 Å². The second kappa shape index (κ2) is 8.65. The maximum absolute atomic E-state index is 13.0. The first-order valence-electron chi connectivity index (χ1n) is 9.24. The Hall–Kier alpha value is -2.63. The van der Waals surface area contributed by atoms with E-state index in [1.54, 1.807) is 6.07 Å². The molecule has 0 aliphatic heterocycles. The van der Waals surface area contributed by atoms with Gasteiger partial charge in [0.05, 0.1) is 6.54 Å². The smallest absolute Gasteiger partial charge is 0.273 e. The molecule has 1 heterocycles. The standard InChI is InChI=1S/C20H25N3O3/c1-2-21-19(24)18-12-17(26-22-18)14-23(13-15-8-4-3-5-9-15)20(25)16-10-6-7-11-16/h3-5,8-9,12,16H,2,6-7,10-11,13-14H2,1H3,(H,21,24). The van der Waals surface area contributed by atoms with Crippen molar-refractivity contribution in [1.29, 1.82) is 0 Å². The number of benzene rings is 1. The molecule has 2 aromatic rings. The van der Waals surface area contributed by atoms with Gasteiger partial charge in [0.1, 0.15) is 0 Å². The van der Waals surface area contributed by atoms with Crippen LogP contribution in [0.4, 0.5) is 0 Å². The highest BCUT2D eigenvalue weighted by molar-refractivity contribution is 5.92. The topological polar surface area (TPSA) is 75.4 Å². The Kier molecular flexibility index (Phi) is 6.04. The molecule has 1 N–H and O–H groups in total. The van der Waals surface area contributed by atoms with Gasteiger partial charge >= 0.3 is 0 Å². The molecule has 0 atom stereocenters. The van der Waals surface area contributed by atoms with Crippen LogP contribution in [0.25, 0.3) is 0 Å². The van der Waals surface area contributed by atoms with E-state index in [9.17, 15) is 9.59 Å². The van der Waals surface area contributed by atoms with Crippen LogP contribution in [0.1, 0.15) is 54.4 Å².